The molecule has 0 aliphatic carbocycles. The van der Waals surface area contributed by atoms with Crippen LogP contribution in [0.4, 0.5) is 0 Å². The number of aryl methyl sites for hydroxylation is 1. The molecule has 1 unspecified atom stereocenters. The van der Waals surface area contributed by atoms with Gasteiger partial charge in [-0.05, 0) is 20.5 Å². The van der Waals surface area contributed by atoms with Gasteiger partial charge in [0.25, 0.3) is 0 Å². The van der Waals surface area contributed by atoms with Gasteiger partial charge in [0.15, 0.2) is 0 Å². The molecule has 1 aromatic rings. The average molecular weight is 293 g/mol. The monoisotopic (exact) mass is 293 g/mol. The molecule has 2 amide bonds. The number of carbonyl (C=O) groups is 2. The molecule has 21 heavy (non-hydrogen) atoms. The minimum absolute atomic E-state index is 0.0666. The second-order valence-electron chi connectivity index (χ2n) is 5.65. The Morgan fingerprint density at radius 3 is 2.81 bits per heavy atom. The van der Waals surface area contributed by atoms with Crippen LogP contribution >= 0.6 is 0 Å². The Morgan fingerprint density at radius 1 is 1.52 bits per heavy atom. The molecule has 1 aromatic heterocycles. The van der Waals surface area contributed by atoms with E-state index in [4.69, 9.17) is 0 Å². The van der Waals surface area contributed by atoms with Gasteiger partial charge in [-0.2, -0.15) is 5.10 Å². The van der Waals surface area contributed by atoms with Gasteiger partial charge in [0.1, 0.15) is 0 Å². The number of aromatic nitrogens is 2. The number of likely N-dealkylation sites (N-methyl/N-ethyl adjacent to an activating group) is 1. The van der Waals surface area contributed by atoms with Gasteiger partial charge in [-0.1, -0.05) is 0 Å². The molecule has 1 N–H and O–H groups in total. The summed E-state index contributed by atoms with van der Waals surface area (Å²) in [6.45, 7) is 1.34. The van der Waals surface area contributed by atoms with Crippen LogP contribution in [0.15, 0.2) is 12.4 Å². The fourth-order valence-electron chi connectivity index (χ4n) is 2.52. The van der Waals surface area contributed by atoms with Crippen LogP contribution in [0.5, 0.6) is 0 Å². The molecule has 7 heteroatoms. The Bertz CT molecular complexity index is 511. The smallest absolute Gasteiger partial charge is 0.239 e. The van der Waals surface area contributed by atoms with Crippen molar-refractivity contribution in [3.8, 4) is 0 Å². The normalized spacial score (nSPS) is 16.6. The van der Waals surface area contributed by atoms with Crippen LogP contribution in [0.2, 0.25) is 0 Å². The Morgan fingerprint density at radius 2 is 2.29 bits per heavy atom. The van der Waals surface area contributed by atoms with Gasteiger partial charge in [-0.25, -0.2) is 0 Å². The number of rotatable bonds is 6. The summed E-state index contributed by atoms with van der Waals surface area (Å²) in [5, 5.41) is 7.07. The maximum absolute atomic E-state index is 12.0. The zero-order chi connectivity index (χ0) is 15.4. The number of nitrogens with one attached hydrogen (secondary N) is 1. The highest BCUT2D eigenvalue weighted by molar-refractivity contribution is 5.85. The van der Waals surface area contributed by atoms with Crippen molar-refractivity contribution in [2.75, 3.05) is 33.7 Å². The van der Waals surface area contributed by atoms with E-state index >= 15 is 0 Å². The zero-order valence-electron chi connectivity index (χ0n) is 12.9. The first kappa shape index (κ1) is 15.5. The third-order valence-corrected chi connectivity index (χ3v) is 3.73. The maximum Gasteiger partial charge on any atom is 0.239 e. The Labute approximate surface area is 124 Å². The fraction of sp³-hybridized carbons (Fsp3) is 0.643. The van der Waals surface area contributed by atoms with Crippen LogP contribution in [0.25, 0.3) is 0 Å². The van der Waals surface area contributed by atoms with Gasteiger partial charge in [-0.15, -0.1) is 0 Å². The first-order valence-electron chi connectivity index (χ1n) is 7.17. The van der Waals surface area contributed by atoms with Crippen LogP contribution in [0, 0.1) is 0 Å². The molecule has 0 spiro atoms. The third kappa shape index (κ3) is 4.04. The van der Waals surface area contributed by atoms with E-state index in [-0.39, 0.29) is 24.4 Å². The molecule has 1 fully saturated rings. The minimum Gasteiger partial charge on any atom is -0.353 e. The minimum atomic E-state index is -0.110. The Balaban J connectivity index is 1.87. The van der Waals surface area contributed by atoms with Crippen molar-refractivity contribution in [3.05, 3.63) is 18.0 Å². The average Bonchev–Trinajstić information content (AvgIpc) is 2.99. The van der Waals surface area contributed by atoms with Crippen molar-refractivity contribution >= 4 is 11.8 Å². The lowest BCUT2D eigenvalue weighted by atomic mass is 10.1. The molecule has 2 heterocycles. The Kier molecular flexibility index (Phi) is 4.95. The van der Waals surface area contributed by atoms with E-state index < -0.39 is 0 Å². The quantitative estimate of drug-likeness (QED) is 0.786. The van der Waals surface area contributed by atoms with E-state index in [0.29, 0.717) is 19.5 Å². The summed E-state index contributed by atoms with van der Waals surface area (Å²) in [6, 6.07) is 0.0666. The molecule has 1 aliphatic rings. The molecule has 0 bridgehead atoms. The highest BCUT2D eigenvalue weighted by Crippen LogP contribution is 2.16. The number of hydrogen-bond acceptors (Lipinski definition) is 4. The molecule has 1 aliphatic heterocycles. The first-order chi connectivity index (χ1) is 9.97. The summed E-state index contributed by atoms with van der Waals surface area (Å²) in [5.74, 6) is -0.0393. The standard InChI is InChI=1S/C14H23N5O2/c1-17(2)12(11-7-16-18(3)9-11)8-15-13(20)10-19-6-4-5-14(19)21/h7,9,12H,4-6,8,10H2,1-3H3,(H,15,20). The third-order valence-electron chi connectivity index (χ3n) is 3.73. The number of carbonyl (C=O) groups excluding carboxylic acids is 2. The zero-order valence-corrected chi connectivity index (χ0v) is 12.9. The first-order valence-corrected chi connectivity index (χ1v) is 7.17. The van der Waals surface area contributed by atoms with Crippen LogP contribution < -0.4 is 5.32 Å². The van der Waals surface area contributed by atoms with Crippen molar-refractivity contribution in [2.45, 2.75) is 18.9 Å². The lowest BCUT2D eigenvalue weighted by molar-refractivity contribution is -0.133. The Hall–Kier alpha value is -1.89. The van der Waals surface area contributed by atoms with Gasteiger partial charge < -0.3 is 15.1 Å². The SMILES string of the molecule is CN(C)C(CNC(=O)CN1CCCC1=O)c1cnn(C)c1. The predicted octanol–water partition coefficient (Wildman–Crippen LogP) is -0.239. The largest absolute Gasteiger partial charge is 0.353 e. The topological polar surface area (TPSA) is 70.5 Å². The van der Waals surface area contributed by atoms with E-state index in [9.17, 15) is 9.59 Å². The molecular weight excluding hydrogens is 270 g/mol. The van der Waals surface area contributed by atoms with Gasteiger partial charge in [0.2, 0.25) is 11.8 Å². The second-order valence-corrected chi connectivity index (χ2v) is 5.65. The number of likely N-dealkylation sites (tertiary alicyclic amines) is 1. The summed E-state index contributed by atoms with van der Waals surface area (Å²) in [4.78, 5) is 27.1. The highest BCUT2D eigenvalue weighted by atomic mass is 16.2. The predicted molar refractivity (Wildman–Crippen MR) is 78.5 cm³/mol. The van der Waals surface area contributed by atoms with Crippen LogP contribution in [0.3, 0.4) is 0 Å². The summed E-state index contributed by atoms with van der Waals surface area (Å²) in [7, 11) is 5.80. The van der Waals surface area contributed by atoms with E-state index in [2.05, 4.69) is 10.4 Å². The molecule has 0 radical (unpaired) electrons. The van der Waals surface area contributed by atoms with Crippen LogP contribution in [0.1, 0.15) is 24.4 Å². The summed E-state index contributed by atoms with van der Waals surface area (Å²) < 4.78 is 1.75. The molecule has 0 aromatic carbocycles. The summed E-state index contributed by atoms with van der Waals surface area (Å²) in [5.41, 5.74) is 1.06. The molecule has 1 atom stereocenters. The van der Waals surface area contributed by atoms with E-state index in [0.717, 1.165) is 12.0 Å². The van der Waals surface area contributed by atoms with Crippen LogP contribution in [-0.4, -0.2) is 65.1 Å². The van der Waals surface area contributed by atoms with Crippen molar-refractivity contribution in [1.29, 1.82) is 0 Å². The molecular formula is C14H23N5O2. The van der Waals surface area contributed by atoms with Crippen molar-refractivity contribution in [2.24, 2.45) is 7.05 Å². The van der Waals surface area contributed by atoms with Gasteiger partial charge >= 0.3 is 0 Å². The van der Waals surface area contributed by atoms with Crippen molar-refractivity contribution in [1.82, 2.24) is 24.9 Å². The molecule has 0 saturated carbocycles. The van der Waals surface area contributed by atoms with Gasteiger partial charge in [0.05, 0.1) is 18.8 Å². The second kappa shape index (κ2) is 6.71. The fourth-order valence-corrected chi connectivity index (χ4v) is 2.52. The molecule has 7 nitrogen and oxygen atoms in total. The summed E-state index contributed by atoms with van der Waals surface area (Å²) in [6.07, 6.45) is 5.16. The molecule has 116 valence electrons. The lowest BCUT2D eigenvalue weighted by Gasteiger charge is -2.24. The van der Waals surface area contributed by atoms with Gasteiger partial charge in [-0.3, -0.25) is 14.3 Å². The van der Waals surface area contributed by atoms with Gasteiger partial charge in [0, 0.05) is 38.3 Å². The maximum atomic E-state index is 12.0. The summed E-state index contributed by atoms with van der Waals surface area (Å²) >= 11 is 0. The van der Waals surface area contributed by atoms with E-state index in [1.165, 1.54) is 0 Å². The number of amides is 2. The molecule has 1 saturated heterocycles. The lowest BCUT2D eigenvalue weighted by Crippen LogP contribution is -2.41. The van der Waals surface area contributed by atoms with Crippen molar-refractivity contribution < 1.29 is 9.59 Å². The number of nitrogens with zero attached hydrogens (tertiary/aromatic N) is 4. The van der Waals surface area contributed by atoms with Crippen molar-refractivity contribution in [3.63, 3.8) is 0 Å². The van der Waals surface area contributed by atoms with E-state index in [1.807, 2.05) is 32.2 Å². The van der Waals surface area contributed by atoms with E-state index in [1.54, 1.807) is 15.8 Å². The highest BCUT2D eigenvalue weighted by Gasteiger charge is 2.23. The molecule has 2 rings (SSSR count). The number of hydrogen-bond donors (Lipinski definition) is 1. The van der Waals surface area contributed by atoms with Crippen LogP contribution in [-0.2, 0) is 16.6 Å².